The van der Waals surface area contributed by atoms with Crippen molar-refractivity contribution in [3.8, 4) is 0 Å². The number of carbonyl (C=O) groups excluding carboxylic acids is 3. The molecule has 0 spiro atoms. The highest BCUT2D eigenvalue weighted by molar-refractivity contribution is 6.04. The molecular weight excluding hydrogens is 342 g/mol. The third-order valence-corrected chi connectivity index (χ3v) is 4.16. The van der Waals surface area contributed by atoms with Crippen LogP contribution in [0.15, 0.2) is 54.6 Å². The van der Waals surface area contributed by atoms with Gasteiger partial charge in [-0.3, -0.25) is 9.59 Å². The summed E-state index contributed by atoms with van der Waals surface area (Å²) in [7, 11) is 0. The van der Waals surface area contributed by atoms with Crippen molar-refractivity contribution in [3.63, 3.8) is 0 Å². The molecule has 1 unspecified atom stereocenters. The second-order valence-corrected chi connectivity index (χ2v) is 6.40. The maximum absolute atomic E-state index is 12.4. The van der Waals surface area contributed by atoms with E-state index in [1.807, 2.05) is 6.07 Å². The summed E-state index contributed by atoms with van der Waals surface area (Å²) < 4.78 is 5.39. The number of benzene rings is 2. The van der Waals surface area contributed by atoms with E-state index in [9.17, 15) is 14.4 Å². The number of ether oxygens (including phenoxy) is 1. The normalized spacial score (nSPS) is 11.5. The molecule has 1 N–H and O–H groups in total. The maximum atomic E-state index is 12.4. The quantitative estimate of drug-likeness (QED) is 0.518. The molecule has 0 bridgehead atoms. The van der Waals surface area contributed by atoms with Gasteiger partial charge in [0.1, 0.15) is 0 Å². The molecule has 27 heavy (non-hydrogen) atoms. The number of unbranched alkanes of at least 4 members (excludes halogenated alkanes) is 2. The lowest BCUT2D eigenvalue weighted by molar-refractivity contribution is -0.125. The molecule has 5 heteroatoms. The summed E-state index contributed by atoms with van der Waals surface area (Å²) in [4.78, 5) is 36.4. The van der Waals surface area contributed by atoms with Gasteiger partial charge < -0.3 is 10.1 Å². The Morgan fingerprint density at radius 1 is 0.963 bits per heavy atom. The van der Waals surface area contributed by atoms with Gasteiger partial charge in [0.25, 0.3) is 5.91 Å². The van der Waals surface area contributed by atoms with Crippen LogP contribution in [0.5, 0.6) is 0 Å². The van der Waals surface area contributed by atoms with E-state index in [-0.39, 0.29) is 11.7 Å². The number of esters is 1. The molecule has 0 aromatic heterocycles. The molecular formula is C22H25NO4. The predicted octanol–water partition coefficient (Wildman–Crippen LogP) is 4.63. The summed E-state index contributed by atoms with van der Waals surface area (Å²) >= 11 is 0. The minimum Gasteiger partial charge on any atom is -0.451 e. The molecule has 0 aliphatic heterocycles. The molecule has 0 saturated carbocycles. The Labute approximate surface area is 159 Å². The Bertz CT molecular complexity index is 786. The summed E-state index contributed by atoms with van der Waals surface area (Å²) in [5.74, 6) is -0.988. The van der Waals surface area contributed by atoms with Gasteiger partial charge in [-0.05, 0) is 50.1 Å². The first-order chi connectivity index (χ1) is 13.0. The molecule has 0 heterocycles. The molecule has 2 rings (SSSR count). The maximum Gasteiger partial charge on any atom is 0.338 e. The lowest BCUT2D eigenvalue weighted by Gasteiger charge is -2.15. The second-order valence-electron chi connectivity index (χ2n) is 6.40. The number of Topliss-reactive ketones (excluding diaryl/α,β-unsaturated/α-hetero) is 1. The van der Waals surface area contributed by atoms with Crippen LogP contribution in [-0.2, 0) is 9.53 Å². The van der Waals surface area contributed by atoms with Gasteiger partial charge in [-0.2, -0.15) is 0 Å². The molecule has 5 nitrogen and oxygen atoms in total. The third-order valence-electron chi connectivity index (χ3n) is 4.16. The van der Waals surface area contributed by atoms with E-state index in [0.29, 0.717) is 23.2 Å². The fourth-order valence-corrected chi connectivity index (χ4v) is 2.64. The summed E-state index contributed by atoms with van der Waals surface area (Å²) in [6, 6.07) is 15.3. The van der Waals surface area contributed by atoms with E-state index >= 15 is 0 Å². The van der Waals surface area contributed by atoms with Crippen molar-refractivity contribution in [2.75, 3.05) is 5.32 Å². The monoisotopic (exact) mass is 367 g/mol. The smallest absolute Gasteiger partial charge is 0.338 e. The van der Waals surface area contributed by atoms with Gasteiger partial charge in [0.15, 0.2) is 11.9 Å². The van der Waals surface area contributed by atoms with Crippen molar-refractivity contribution < 1.29 is 19.1 Å². The van der Waals surface area contributed by atoms with Crippen molar-refractivity contribution in [2.45, 2.75) is 45.6 Å². The fourth-order valence-electron chi connectivity index (χ4n) is 2.64. The number of amides is 1. The SMILES string of the molecule is CCCCCC(OC(=O)c1cccc(NC(=O)c2ccccc2)c1)C(C)=O. The zero-order valence-electron chi connectivity index (χ0n) is 15.7. The molecule has 0 aliphatic rings. The van der Waals surface area contributed by atoms with Crippen LogP contribution in [0.2, 0.25) is 0 Å². The molecule has 142 valence electrons. The number of hydrogen-bond donors (Lipinski definition) is 1. The van der Waals surface area contributed by atoms with Crippen molar-refractivity contribution in [1.29, 1.82) is 0 Å². The van der Waals surface area contributed by atoms with E-state index in [1.54, 1.807) is 48.5 Å². The standard InChI is InChI=1S/C22H25NO4/c1-3-4-6-14-20(16(2)24)27-22(26)18-12-9-13-19(15-18)23-21(25)17-10-7-5-8-11-17/h5,7-13,15,20H,3-4,6,14H2,1-2H3,(H,23,25). The highest BCUT2D eigenvalue weighted by Crippen LogP contribution is 2.16. The third kappa shape index (κ3) is 6.37. The van der Waals surface area contributed by atoms with Crippen LogP contribution in [0.1, 0.15) is 60.2 Å². The zero-order chi connectivity index (χ0) is 19.6. The number of hydrogen-bond acceptors (Lipinski definition) is 4. The van der Waals surface area contributed by atoms with Crippen LogP contribution < -0.4 is 5.32 Å². The van der Waals surface area contributed by atoms with Gasteiger partial charge in [-0.1, -0.05) is 44.0 Å². The van der Waals surface area contributed by atoms with Gasteiger partial charge in [-0.25, -0.2) is 4.79 Å². The summed E-state index contributed by atoms with van der Waals surface area (Å²) in [5, 5.41) is 2.76. The first-order valence-electron chi connectivity index (χ1n) is 9.19. The average Bonchev–Trinajstić information content (AvgIpc) is 2.68. The minimum absolute atomic E-state index is 0.159. The Kier molecular flexibility index (Phi) is 7.74. The minimum atomic E-state index is -0.730. The lowest BCUT2D eigenvalue weighted by atomic mass is 10.1. The first kappa shape index (κ1) is 20.4. The lowest BCUT2D eigenvalue weighted by Crippen LogP contribution is -2.25. The molecule has 1 atom stereocenters. The highest BCUT2D eigenvalue weighted by Gasteiger charge is 2.20. The summed E-state index contributed by atoms with van der Waals surface area (Å²) in [6.45, 7) is 3.50. The Morgan fingerprint density at radius 2 is 1.67 bits per heavy atom. The van der Waals surface area contributed by atoms with Gasteiger partial charge in [0.05, 0.1) is 5.56 Å². The molecule has 2 aromatic carbocycles. The van der Waals surface area contributed by atoms with Gasteiger partial charge in [0, 0.05) is 11.3 Å². The summed E-state index contributed by atoms with van der Waals surface area (Å²) in [6.07, 6.45) is 2.65. The van der Waals surface area contributed by atoms with Crippen LogP contribution >= 0.6 is 0 Å². The predicted molar refractivity (Wildman–Crippen MR) is 105 cm³/mol. The van der Waals surface area contributed by atoms with Crippen molar-refractivity contribution in [3.05, 3.63) is 65.7 Å². The van der Waals surface area contributed by atoms with Gasteiger partial charge in [-0.15, -0.1) is 0 Å². The topological polar surface area (TPSA) is 72.5 Å². The number of nitrogens with one attached hydrogen (secondary N) is 1. The molecule has 2 aromatic rings. The molecule has 0 fully saturated rings. The molecule has 0 radical (unpaired) electrons. The number of anilines is 1. The average molecular weight is 367 g/mol. The van der Waals surface area contributed by atoms with E-state index in [2.05, 4.69) is 12.2 Å². The van der Waals surface area contributed by atoms with Crippen LogP contribution in [0.4, 0.5) is 5.69 Å². The highest BCUT2D eigenvalue weighted by atomic mass is 16.5. The van der Waals surface area contributed by atoms with Crippen LogP contribution in [0.3, 0.4) is 0 Å². The van der Waals surface area contributed by atoms with Crippen LogP contribution in [-0.4, -0.2) is 23.8 Å². The number of rotatable bonds is 9. The Hall–Kier alpha value is -2.95. The van der Waals surface area contributed by atoms with Crippen molar-refractivity contribution in [2.24, 2.45) is 0 Å². The van der Waals surface area contributed by atoms with Gasteiger partial charge >= 0.3 is 5.97 Å². The van der Waals surface area contributed by atoms with E-state index in [4.69, 9.17) is 4.74 Å². The van der Waals surface area contributed by atoms with Crippen LogP contribution in [0, 0.1) is 0 Å². The van der Waals surface area contributed by atoms with Crippen molar-refractivity contribution in [1.82, 2.24) is 0 Å². The van der Waals surface area contributed by atoms with E-state index in [0.717, 1.165) is 19.3 Å². The largest absolute Gasteiger partial charge is 0.451 e. The number of ketones is 1. The van der Waals surface area contributed by atoms with Gasteiger partial charge in [0.2, 0.25) is 0 Å². The fraction of sp³-hybridized carbons (Fsp3) is 0.318. The Morgan fingerprint density at radius 3 is 2.33 bits per heavy atom. The second kappa shape index (κ2) is 10.3. The Balaban J connectivity index is 2.03. The van der Waals surface area contributed by atoms with E-state index in [1.165, 1.54) is 6.92 Å². The number of carbonyl (C=O) groups is 3. The van der Waals surface area contributed by atoms with Crippen molar-refractivity contribution >= 4 is 23.3 Å². The molecule has 0 saturated heterocycles. The first-order valence-corrected chi connectivity index (χ1v) is 9.19. The van der Waals surface area contributed by atoms with E-state index < -0.39 is 12.1 Å². The molecule has 0 aliphatic carbocycles. The summed E-state index contributed by atoms with van der Waals surface area (Å²) in [5.41, 5.74) is 1.31. The van der Waals surface area contributed by atoms with Crippen LogP contribution in [0.25, 0.3) is 0 Å². The zero-order valence-corrected chi connectivity index (χ0v) is 15.7. The molecule has 1 amide bonds.